The van der Waals surface area contributed by atoms with Crippen LogP contribution in [0.5, 0.6) is 0 Å². The molecule has 0 bridgehead atoms. The number of aromatic nitrogens is 1. The Hall–Kier alpha value is -2.21. The van der Waals surface area contributed by atoms with Crippen molar-refractivity contribution in [3.8, 4) is 0 Å². The Labute approximate surface area is 133 Å². The molecule has 2 aromatic rings. The van der Waals surface area contributed by atoms with E-state index in [1.807, 2.05) is 29.6 Å². The first-order chi connectivity index (χ1) is 10.7. The monoisotopic (exact) mass is 315 g/mol. The fourth-order valence-corrected chi connectivity index (χ4v) is 3.19. The molecule has 5 nitrogen and oxygen atoms in total. The quantitative estimate of drug-likeness (QED) is 0.915. The third-order valence-electron chi connectivity index (χ3n) is 3.73. The largest absolute Gasteiger partial charge is 0.351 e. The first-order valence-corrected chi connectivity index (χ1v) is 8.07. The van der Waals surface area contributed by atoms with Crippen LogP contribution in [-0.4, -0.2) is 28.2 Å². The summed E-state index contributed by atoms with van der Waals surface area (Å²) in [5, 5.41) is 4.90. The van der Waals surface area contributed by atoms with E-state index in [1.54, 1.807) is 28.6 Å². The molecular formula is C16H17N3O2S. The van der Waals surface area contributed by atoms with Gasteiger partial charge in [0.05, 0.1) is 12.5 Å². The predicted octanol–water partition coefficient (Wildman–Crippen LogP) is 1.81. The molecule has 0 aliphatic carbocycles. The molecule has 2 amide bonds. The molecule has 2 aromatic heterocycles. The molecule has 3 heterocycles. The fraction of sp³-hybridized carbons (Fsp3) is 0.312. The Morgan fingerprint density at radius 3 is 2.91 bits per heavy atom. The van der Waals surface area contributed by atoms with E-state index >= 15 is 0 Å². The summed E-state index contributed by atoms with van der Waals surface area (Å²) in [6, 6.07) is 7.72. The maximum absolute atomic E-state index is 12.2. The van der Waals surface area contributed by atoms with Crippen molar-refractivity contribution in [2.45, 2.75) is 19.5 Å². The normalized spacial score (nSPS) is 17.7. The summed E-state index contributed by atoms with van der Waals surface area (Å²) in [6.45, 7) is 1.55. The van der Waals surface area contributed by atoms with E-state index in [-0.39, 0.29) is 17.7 Å². The highest BCUT2D eigenvalue weighted by atomic mass is 32.1. The van der Waals surface area contributed by atoms with E-state index in [1.165, 1.54) is 0 Å². The number of pyridine rings is 1. The molecule has 1 atom stereocenters. The van der Waals surface area contributed by atoms with Gasteiger partial charge in [-0.05, 0) is 29.1 Å². The van der Waals surface area contributed by atoms with Gasteiger partial charge in [0.1, 0.15) is 0 Å². The summed E-state index contributed by atoms with van der Waals surface area (Å²) in [4.78, 5) is 31.1. The molecule has 1 N–H and O–H groups in total. The SMILES string of the molecule is O=C(NCc1cccs1)[C@@H]1CC(=O)N(Cc2ccncc2)C1. The minimum absolute atomic E-state index is 0.0353. The van der Waals surface area contributed by atoms with Crippen LogP contribution in [0, 0.1) is 5.92 Å². The molecule has 0 radical (unpaired) electrons. The topological polar surface area (TPSA) is 62.3 Å². The lowest BCUT2D eigenvalue weighted by atomic mass is 10.1. The number of thiophene rings is 1. The van der Waals surface area contributed by atoms with Crippen LogP contribution in [0.3, 0.4) is 0 Å². The third-order valence-corrected chi connectivity index (χ3v) is 4.60. The number of likely N-dealkylation sites (tertiary alicyclic amines) is 1. The molecule has 1 fully saturated rings. The van der Waals surface area contributed by atoms with Crippen molar-refractivity contribution in [1.82, 2.24) is 15.2 Å². The van der Waals surface area contributed by atoms with Crippen LogP contribution < -0.4 is 5.32 Å². The minimum atomic E-state index is -0.255. The zero-order valence-corrected chi connectivity index (χ0v) is 12.9. The lowest BCUT2D eigenvalue weighted by molar-refractivity contribution is -0.129. The highest BCUT2D eigenvalue weighted by Crippen LogP contribution is 2.20. The van der Waals surface area contributed by atoms with Crippen molar-refractivity contribution in [2.24, 2.45) is 5.92 Å². The first-order valence-electron chi connectivity index (χ1n) is 7.19. The molecule has 1 saturated heterocycles. The van der Waals surface area contributed by atoms with E-state index in [0.717, 1.165) is 10.4 Å². The van der Waals surface area contributed by atoms with Gasteiger partial charge in [-0.15, -0.1) is 11.3 Å². The Balaban J connectivity index is 1.53. The van der Waals surface area contributed by atoms with Crippen LogP contribution in [0.2, 0.25) is 0 Å². The summed E-state index contributed by atoms with van der Waals surface area (Å²) < 4.78 is 0. The zero-order valence-electron chi connectivity index (χ0n) is 12.1. The molecule has 22 heavy (non-hydrogen) atoms. The number of nitrogens with one attached hydrogen (secondary N) is 1. The second-order valence-electron chi connectivity index (χ2n) is 5.33. The summed E-state index contributed by atoms with van der Waals surface area (Å²) >= 11 is 1.61. The molecule has 1 aliphatic heterocycles. The number of amides is 2. The van der Waals surface area contributed by atoms with Gasteiger partial charge < -0.3 is 10.2 Å². The van der Waals surface area contributed by atoms with Gasteiger partial charge in [0, 0.05) is 36.8 Å². The van der Waals surface area contributed by atoms with Crippen molar-refractivity contribution in [3.63, 3.8) is 0 Å². The van der Waals surface area contributed by atoms with Crippen LogP contribution >= 0.6 is 11.3 Å². The van der Waals surface area contributed by atoms with Crippen LogP contribution in [-0.2, 0) is 22.7 Å². The number of carbonyl (C=O) groups excluding carboxylic acids is 2. The van der Waals surface area contributed by atoms with Gasteiger partial charge in [-0.3, -0.25) is 14.6 Å². The van der Waals surface area contributed by atoms with E-state index in [4.69, 9.17) is 0 Å². The van der Waals surface area contributed by atoms with Gasteiger partial charge in [-0.25, -0.2) is 0 Å². The molecule has 114 valence electrons. The third kappa shape index (κ3) is 3.51. The van der Waals surface area contributed by atoms with Gasteiger partial charge in [0.25, 0.3) is 0 Å². The Kier molecular flexibility index (Phi) is 4.48. The fourth-order valence-electron chi connectivity index (χ4n) is 2.54. The van der Waals surface area contributed by atoms with Crippen molar-refractivity contribution in [1.29, 1.82) is 0 Å². The number of nitrogens with zero attached hydrogens (tertiary/aromatic N) is 2. The number of carbonyl (C=O) groups is 2. The van der Waals surface area contributed by atoms with E-state index < -0.39 is 0 Å². The van der Waals surface area contributed by atoms with Gasteiger partial charge >= 0.3 is 0 Å². The molecule has 6 heteroatoms. The zero-order chi connectivity index (χ0) is 15.4. The average molecular weight is 315 g/mol. The molecule has 0 saturated carbocycles. The van der Waals surface area contributed by atoms with Crippen LogP contribution in [0.4, 0.5) is 0 Å². The minimum Gasteiger partial charge on any atom is -0.351 e. The second kappa shape index (κ2) is 6.70. The number of hydrogen-bond acceptors (Lipinski definition) is 4. The molecule has 0 aromatic carbocycles. The van der Waals surface area contributed by atoms with Gasteiger partial charge in [0.15, 0.2) is 0 Å². The van der Waals surface area contributed by atoms with Crippen molar-refractivity contribution < 1.29 is 9.59 Å². The van der Waals surface area contributed by atoms with Crippen molar-refractivity contribution >= 4 is 23.2 Å². The first kappa shape index (κ1) is 14.7. The molecule has 0 unspecified atom stereocenters. The van der Waals surface area contributed by atoms with Crippen LogP contribution in [0.15, 0.2) is 42.0 Å². The Morgan fingerprint density at radius 1 is 1.36 bits per heavy atom. The maximum Gasteiger partial charge on any atom is 0.225 e. The number of rotatable bonds is 5. The summed E-state index contributed by atoms with van der Waals surface area (Å²) in [7, 11) is 0. The molecule has 3 rings (SSSR count). The Morgan fingerprint density at radius 2 is 2.18 bits per heavy atom. The predicted molar refractivity (Wildman–Crippen MR) is 83.9 cm³/mol. The van der Waals surface area contributed by atoms with E-state index in [2.05, 4.69) is 10.3 Å². The maximum atomic E-state index is 12.2. The highest BCUT2D eigenvalue weighted by Gasteiger charge is 2.34. The smallest absolute Gasteiger partial charge is 0.225 e. The van der Waals surface area contributed by atoms with Gasteiger partial charge in [0.2, 0.25) is 11.8 Å². The standard InChI is InChI=1S/C16H17N3O2S/c20-15-8-13(16(21)18-9-14-2-1-7-22-14)11-19(15)10-12-3-5-17-6-4-12/h1-7,13H,8-11H2,(H,18,21)/t13-/m1/s1. The van der Waals surface area contributed by atoms with Gasteiger partial charge in [-0.1, -0.05) is 6.07 Å². The van der Waals surface area contributed by atoms with Crippen molar-refractivity contribution in [3.05, 3.63) is 52.5 Å². The summed E-state index contributed by atoms with van der Waals surface area (Å²) in [5.41, 5.74) is 1.03. The summed E-state index contributed by atoms with van der Waals surface area (Å²) in [5.74, 6) is -0.263. The van der Waals surface area contributed by atoms with E-state index in [0.29, 0.717) is 26.1 Å². The summed E-state index contributed by atoms with van der Waals surface area (Å²) in [6.07, 6.45) is 3.71. The lowest BCUT2D eigenvalue weighted by Crippen LogP contribution is -2.32. The average Bonchev–Trinajstić information content (AvgIpc) is 3.16. The second-order valence-corrected chi connectivity index (χ2v) is 6.36. The van der Waals surface area contributed by atoms with E-state index in [9.17, 15) is 9.59 Å². The lowest BCUT2D eigenvalue weighted by Gasteiger charge is -2.16. The number of hydrogen-bond donors (Lipinski definition) is 1. The molecule has 1 aliphatic rings. The molecular weight excluding hydrogens is 298 g/mol. The Bertz CT molecular complexity index is 643. The molecule has 0 spiro atoms. The highest BCUT2D eigenvalue weighted by molar-refractivity contribution is 7.09. The van der Waals surface area contributed by atoms with Crippen LogP contribution in [0.25, 0.3) is 0 Å². The van der Waals surface area contributed by atoms with Gasteiger partial charge in [-0.2, -0.15) is 0 Å². The van der Waals surface area contributed by atoms with Crippen molar-refractivity contribution in [2.75, 3.05) is 6.54 Å². The van der Waals surface area contributed by atoms with Crippen LogP contribution in [0.1, 0.15) is 16.9 Å².